The van der Waals surface area contributed by atoms with E-state index in [1.54, 1.807) is 22.8 Å². The van der Waals surface area contributed by atoms with Crippen LogP contribution in [-0.4, -0.2) is 19.2 Å². The number of pyridine rings is 1. The van der Waals surface area contributed by atoms with E-state index in [4.69, 9.17) is 0 Å². The first-order valence-electron chi connectivity index (χ1n) is 10.6. The highest BCUT2D eigenvalue weighted by molar-refractivity contribution is 5.86. The summed E-state index contributed by atoms with van der Waals surface area (Å²) in [7, 11) is 0. The maximum atomic E-state index is 13.4. The van der Waals surface area contributed by atoms with E-state index in [0.717, 1.165) is 35.2 Å². The Kier molecular flexibility index (Phi) is 4.45. The van der Waals surface area contributed by atoms with Gasteiger partial charge in [-0.15, -0.1) is 0 Å². The molecule has 0 amide bonds. The number of halogens is 1. The molecule has 3 atom stereocenters. The largest absolute Gasteiger partial charge is 0.311 e. The lowest BCUT2D eigenvalue weighted by molar-refractivity contribution is 0.183. The quantitative estimate of drug-likeness (QED) is 0.464. The van der Waals surface area contributed by atoms with Gasteiger partial charge >= 0.3 is 0 Å². The minimum absolute atomic E-state index is 0.00987. The number of aromatic nitrogens is 4. The minimum Gasteiger partial charge on any atom is -0.311 e. The topological polar surface area (TPSA) is 52.2 Å². The Morgan fingerprint density at radius 2 is 1.87 bits per heavy atom. The highest BCUT2D eigenvalue weighted by Crippen LogP contribution is 2.37. The van der Waals surface area contributed by atoms with Gasteiger partial charge in [-0.05, 0) is 48.9 Å². The Balaban J connectivity index is 1.68. The monoisotopic (exact) mass is 404 g/mol. The first-order valence-corrected chi connectivity index (χ1v) is 10.6. The SMILES string of the molecule is Cc1nn2c(ncc3c(=O)n([C@H]4CCC[C@@H](C)[C@@H]4C)ccc32)c1-c1ccc(F)cc1. The second-order valence-electron chi connectivity index (χ2n) is 8.62. The van der Waals surface area contributed by atoms with E-state index in [9.17, 15) is 9.18 Å². The molecule has 3 aromatic heterocycles. The lowest BCUT2D eigenvalue weighted by atomic mass is 9.78. The van der Waals surface area contributed by atoms with E-state index in [-0.39, 0.29) is 17.4 Å². The van der Waals surface area contributed by atoms with Gasteiger partial charge in [0.05, 0.1) is 16.6 Å². The summed E-state index contributed by atoms with van der Waals surface area (Å²) >= 11 is 0. The van der Waals surface area contributed by atoms with Gasteiger partial charge in [-0.25, -0.2) is 13.9 Å². The van der Waals surface area contributed by atoms with E-state index < -0.39 is 0 Å². The average Bonchev–Trinajstić information content (AvgIpc) is 3.08. The molecule has 0 unspecified atom stereocenters. The summed E-state index contributed by atoms with van der Waals surface area (Å²) in [5.41, 5.74) is 3.91. The smallest absolute Gasteiger partial charge is 0.261 e. The van der Waals surface area contributed by atoms with E-state index in [1.807, 2.05) is 23.8 Å². The van der Waals surface area contributed by atoms with Crippen molar-refractivity contribution in [2.45, 2.75) is 46.1 Å². The van der Waals surface area contributed by atoms with Crippen LogP contribution >= 0.6 is 0 Å². The fourth-order valence-corrected chi connectivity index (χ4v) is 4.95. The summed E-state index contributed by atoms with van der Waals surface area (Å²) in [5.74, 6) is 0.791. The van der Waals surface area contributed by atoms with Crippen molar-refractivity contribution in [3.05, 3.63) is 64.6 Å². The van der Waals surface area contributed by atoms with Crippen molar-refractivity contribution in [2.24, 2.45) is 11.8 Å². The normalized spacial score (nSPS) is 22.1. The van der Waals surface area contributed by atoms with Gasteiger partial charge in [0.1, 0.15) is 5.82 Å². The molecular weight excluding hydrogens is 379 g/mol. The lowest BCUT2D eigenvalue weighted by Crippen LogP contribution is -2.33. The molecule has 0 radical (unpaired) electrons. The van der Waals surface area contributed by atoms with Crippen LogP contribution in [0, 0.1) is 24.6 Å². The average molecular weight is 404 g/mol. The van der Waals surface area contributed by atoms with Crippen molar-refractivity contribution in [1.29, 1.82) is 0 Å². The van der Waals surface area contributed by atoms with Gasteiger partial charge in [0, 0.05) is 24.0 Å². The van der Waals surface area contributed by atoms with Gasteiger partial charge in [-0.3, -0.25) is 4.79 Å². The molecular formula is C24H25FN4O. The van der Waals surface area contributed by atoms with E-state index in [2.05, 4.69) is 23.9 Å². The fraction of sp³-hybridized carbons (Fsp3) is 0.375. The molecule has 1 aromatic carbocycles. The molecule has 6 heteroatoms. The summed E-state index contributed by atoms with van der Waals surface area (Å²) in [6.07, 6.45) is 6.98. The zero-order valence-corrected chi connectivity index (χ0v) is 17.5. The van der Waals surface area contributed by atoms with Crippen molar-refractivity contribution in [2.75, 3.05) is 0 Å². The van der Waals surface area contributed by atoms with Crippen LogP contribution in [0.4, 0.5) is 4.39 Å². The lowest BCUT2D eigenvalue weighted by Gasteiger charge is -2.35. The Morgan fingerprint density at radius 1 is 1.10 bits per heavy atom. The molecule has 0 N–H and O–H groups in total. The third-order valence-electron chi connectivity index (χ3n) is 6.87. The van der Waals surface area contributed by atoms with Gasteiger partial charge in [0.25, 0.3) is 5.56 Å². The van der Waals surface area contributed by atoms with Gasteiger partial charge < -0.3 is 4.57 Å². The van der Waals surface area contributed by atoms with E-state index >= 15 is 0 Å². The second kappa shape index (κ2) is 7.04. The molecule has 0 saturated heterocycles. The minimum atomic E-state index is -0.280. The summed E-state index contributed by atoms with van der Waals surface area (Å²) < 4.78 is 17.0. The standard InChI is InChI=1S/C24H25FN4O/c1-14-5-4-6-20(15(14)2)28-12-11-21-19(24(28)30)13-26-23-22(16(3)27-29(21)23)17-7-9-18(25)10-8-17/h7-15,20H,4-6H2,1-3H3/t14-,15+,20+/m1/s1. The van der Waals surface area contributed by atoms with Crippen molar-refractivity contribution >= 4 is 16.6 Å². The molecule has 5 rings (SSSR count). The highest BCUT2D eigenvalue weighted by Gasteiger charge is 2.29. The molecule has 5 nitrogen and oxygen atoms in total. The fourth-order valence-electron chi connectivity index (χ4n) is 4.95. The van der Waals surface area contributed by atoms with Crippen LogP contribution in [0.1, 0.15) is 44.8 Å². The highest BCUT2D eigenvalue weighted by atomic mass is 19.1. The molecule has 1 aliphatic rings. The second-order valence-corrected chi connectivity index (χ2v) is 8.62. The molecule has 1 aliphatic carbocycles. The van der Waals surface area contributed by atoms with Crippen molar-refractivity contribution in [3.63, 3.8) is 0 Å². The summed E-state index contributed by atoms with van der Waals surface area (Å²) in [5, 5.41) is 5.24. The van der Waals surface area contributed by atoms with Crippen molar-refractivity contribution in [3.8, 4) is 11.1 Å². The Hall–Kier alpha value is -3.02. The third kappa shape index (κ3) is 2.85. The van der Waals surface area contributed by atoms with Crippen LogP contribution in [0.2, 0.25) is 0 Å². The summed E-state index contributed by atoms with van der Waals surface area (Å²) in [6.45, 7) is 6.43. The molecule has 154 valence electrons. The number of nitrogens with zero attached hydrogens (tertiary/aromatic N) is 4. The zero-order chi connectivity index (χ0) is 21.0. The number of aryl methyl sites for hydroxylation is 1. The molecule has 0 bridgehead atoms. The first kappa shape index (κ1) is 19.0. The Morgan fingerprint density at radius 3 is 2.63 bits per heavy atom. The van der Waals surface area contributed by atoms with Crippen molar-refractivity contribution < 1.29 is 4.39 Å². The summed E-state index contributed by atoms with van der Waals surface area (Å²) in [4.78, 5) is 18.0. The molecule has 0 spiro atoms. The number of hydrogen-bond donors (Lipinski definition) is 0. The Bertz CT molecular complexity index is 1310. The van der Waals surface area contributed by atoms with Crippen LogP contribution in [-0.2, 0) is 0 Å². The van der Waals surface area contributed by atoms with Gasteiger partial charge in [0.15, 0.2) is 5.65 Å². The molecule has 4 aromatic rings. The van der Waals surface area contributed by atoms with E-state index in [1.165, 1.54) is 18.6 Å². The Labute approximate surface area is 174 Å². The van der Waals surface area contributed by atoms with Crippen LogP contribution in [0.15, 0.2) is 47.5 Å². The van der Waals surface area contributed by atoms with Gasteiger partial charge in [-0.2, -0.15) is 5.10 Å². The van der Waals surface area contributed by atoms with Crippen LogP contribution < -0.4 is 5.56 Å². The number of benzene rings is 1. The first-order chi connectivity index (χ1) is 14.5. The van der Waals surface area contributed by atoms with Crippen LogP contribution in [0.5, 0.6) is 0 Å². The zero-order valence-electron chi connectivity index (χ0n) is 17.5. The molecule has 0 aliphatic heterocycles. The maximum Gasteiger partial charge on any atom is 0.261 e. The maximum absolute atomic E-state index is 13.4. The van der Waals surface area contributed by atoms with Crippen LogP contribution in [0.3, 0.4) is 0 Å². The van der Waals surface area contributed by atoms with Gasteiger partial charge in [-0.1, -0.05) is 38.8 Å². The van der Waals surface area contributed by atoms with Crippen molar-refractivity contribution in [1.82, 2.24) is 19.2 Å². The molecule has 30 heavy (non-hydrogen) atoms. The molecule has 1 saturated carbocycles. The molecule has 3 heterocycles. The number of fused-ring (bicyclic) bond motifs is 3. The number of hydrogen-bond acceptors (Lipinski definition) is 3. The number of rotatable bonds is 2. The third-order valence-corrected chi connectivity index (χ3v) is 6.87. The van der Waals surface area contributed by atoms with Gasteiger partial charge in [0.2, 0.25) is 0 Å². The predicted octanol–water partition coefficient (Wildman–Crippen LogP) is 5.16. The summed E-state index contributed by atoms with van der Waals surface area (Å²) in [6, 6.07) is 8.52. The molecule has 1 fully saturated rings. The van der Waals surface area contributed by atoms with Crippen LogP contribution in [0.25, 0.3) is 27.7 Å². The predicted molar refractivity (Wildman–Crippen MR) is 116 cm³/mol. The van der Waals surface area contributed by atoms with E-state index in [0.29, 0.717) is 22.9 Å².